The maximum absolute atomic E-state index is 10.4. The highest BCUT2D eigenvalue weighted by Crippen LogP contribution is 2.28. The standard InChI is InChI=1S/C27H37N3O4/c1-5-6-13-32-24-16-21(2)26(22(3)17-24)34-15-12-10-8-7-9-11-14-33-25-18-28-27(29-19-25)23(4)30-20-31/h5-6,16-20H,7-15H2,1-4H3/b6-5+,30-23?. The number of aryl methyl sites for hydroxylation is 2. The lowest BCUT2D eigenvalue weighted by molar-refractivity contribution is -0.106. The minimum atomic E-state index is 0.430. The number of unbranched alkanes of at least 4 members (excludes halogenated alkanes) is 5. The Bertz CT molecular complexity index is 916. The first kappa shape index (κ1) is 27.0. The van der Waals surface area contributed by atoms with Crippen molar-refractivity contribution in [3.8, 4) is 17.2 Å². The monoisotopic (exact) mass is 467 g/mol. The number of carbonyl (C=O) groups is 1. The summed E-state index contributed by atoms with van der Waals surface area (Å²) in [7, 11) is 0. The van der Waals surface area contributed by atoms with Gasteiger partial charge in [-0.25, -0.2) is 15.0 Å². The fourth-order valence-corrected chi connectivity index (χ4v) is 3.45. The van der Waals surface area contributed by atoms with Crippen molar-refractivity contribution >= 4 is 12.1 Å². The quantitative estimate of drug-likeness (QED) is 0.134. The van der Waals surface area contributed by atoms with Gasteiger partial charge >= 0.3 is 0 Å². The van der Waals surface area contributed by atoms with Crippen molar-refractivity contribution in [2.45, 2.75) is 66.2 Å². The van der Waals surface area contributed by atoms with E-state index in [9.17, 15) is 4.79 Å². The normalized spacial score (nSPS) is 11.6. The number of aromatic nitrogens is 2. The van der Waals surface area contributed by atoms with Gasteiger partial charge in [-0.05, 0) is 63.8 Å². The van der Waals surface area contributed by atoms with Gasteiger partial charge in [0.05, 0.1) is 31.3 Å². The summed E-state index contributed by atoms with van der Waals surface area (Å²) in [6.45, 7) is 9.77. The van der Waals surface area contributed by atoms with E-state index >= 15 is 0 Å². The van der Waals surface area contributed by atoms with E-state index in [-0.39, 0.29) is 0 Å². The molecule has 184 valence electrons. The number of carbonyl (C=O) groups excluding carboxylic acids is 1. The van der Waals surface area contributed by atoms with Crippen molar-refractivity contribution in [2.24, 2.45) is 4.99 Å². The van der Waals surface area contributed by atoms with E-state index < -0.39 is 0 Å². The number of benzene rings is 1. The van der Waals surface area contributed by atoms with Gasteiger partial charge in [-0.1, -0.05) is 37.8 Å². The van der Waals surface area contributed by atoms with Crippen LogP contribution in [-0.4, -0.2) is 41.9 Å². The molecular formula is C27H37N3O4. The molecule has 0 atom stereocenters. The summed E-state index contributed by atoms with van der Waals surface area (Å²) < 4.78 is 17.5. The highest BCUT2D eigenvalue weighted by molar-refractivity contribution is 5.98. The van der Waals surface area contributed by atoms with Crippen LogP contribution in [-0.2, 0) is 4.79 Å². The molecule has 0 saturated carbocycles. The lowest BCUT2D eigenvalue weighted by Gasteiger charge is -2.14. The third-order valence-corrected chi connectivity index (χ3v) is 5.27. The van der Waals surface area contributed by atoms with Gasteiger partial charge in [0.2, 0.25) is 6.41 Å². The van der Waals surface area contributed by atoms with E-state index in [4.69, 9.17) is 14.2 Å². The number of allylic oxidation sites excluding steroid dienone is 1. The van der Waals surface area contributed by atoms with Crippen molar-refractivity contribution in [2.75, 3.05) is 19.8 Å². The molecule has 0 saturated heterocycles. The van der Waals surface area contributed by atoms with Gasteiger partial charge in [0.25, 0.3) is 0 Å². The van der Waals surface area contributed by atoms with Crippen LogP contribution in [0.25, 0.3) is 0 Å². The van der Waals surface area contributed by atoms with Gasteiger partial charge in [-0.3, -0.25) is 4.79 Å². The molecule has 2 rings (SSSR count). The predicted molar refractivity (Wildman–Crippen MR) is 135 cm³/mol. The molecule has 34 heavy (non-hydrogen) atoms. The second-order valence-corrected chi connectivity index (χ2v) is 8.15. The maximum Gasteiger partial charge on any atom is 0.233 e. The summed E-state index contributed by atoms with van der Waals surface area (Å²) >= 11 is 0. The van der Waals surface area contributed by atoms with Crippen LogP contribution < -0.4 is 14.2 Å². The lowest BCUT2D eigenvalue weighted by Crippen LogP contribution is -2.04. The molecule has 7 nitrogen and oxygen atoms in total. The molecule has 1 heterocycles. The molecule has 1 aromatic carbocycles. The number of rotatable bonds is 16. The Hall–Kier alpha value is -3.22. The van der Waals surface area contributed by atoms with Crippen LogP contribution in [0.1, 0.15) is 69.3 Å². The van der Waals surface area contributed by atoms with Crippen LogP contribution in [0.4, 0.5) is 0 Å². The van der Waals surface area contributed by atoms with E-state index in [1.807, 2.05) is 31.2 Å². The Morgan fingerprint density at radius 1 is 0.882 bits per heavy atom. The molecule has 1 aromatic heterocycles. The molecule has 2 aromatic rings. The highest BCUT2D eigenvalue weighted by Gasteiger charge is 2.07. The first-order chi connectivity index (χ1) is 16.5. The topological polar surface area (TPSA) is 82.9 Å². The third-order valence-electron chi connectivity index (χ3n) is 5.27. The van der Waals surface area contributed by atoms with E-state index in [0.29, 0.717) is 36.9 Å². The molecule has 0 radical (unpaired) electrons. The molecule has 0 bridgehead atoms. The Morgan fingerprint density at radius 3 is 2.06 bits per heavy atom. The highest BCUT2D eigenvalue weighted by atomic mass is 16.5. The molecule has 0 unspecified atom stereocenters. The average Bonchev–Trinajstić information content (AvgIpc) is 2.82. The van der Waals surface area contributed by atoms with E-state index in [2.05, 4.69) is 28.8 Å². The minimum absolute atomic E-state index is 0.430. The fraction of sp³-hybridized carbons (Fsp3) is 0.481. The Balaban J connectivity index is 1.54. The fourth-order valence-electron chi connectivity index (χ4n) is 3.45. The molecular weight excluding hydrogens is 430 g/mol. The summed E-state index contributed by atoms with van der Waals surface area (Å²) in [5.74, 6) is 2.91. The number of ether oxygens (including phenoxy) is 3. The van der Waals surface area contributed by atoms with Crippen LogP contribution in [0.2, 0.25) is 0 Å². The van der Waals surface area contributed by atoms with Gasteiger partial charge in [-0.2, -0.15) is 0 Å². The summed E-state index contributed by atoms with van der Waals surface area (Å²) in [4.78, 5) is 22.4. The van der Waals surface area contributed by atoms with Crippen molar-refractivity contribution in [3.05, 3.63) is 53.6 Å². The Labute approximate surface area is 203 Å². The zero-order valence-corrected chi connectivity index (χ0v) is 20.9. The molecule has 1 amide bonds. The summed E-state index contributed by atoms with van der Waals surface area (Å²) in [6, 6.07) is 4.08. The Kier molecular flexibility index (Phi) is 12.4. The van der Waals surface area contributed by atoms with Crippen molar-refractivity contribution in [1.82, 2.24) is 9.97 Å². The van der Waals surface area contributed by atoms with Crippen LogP contribution in [0.5, 0.6) is 17.2 Å². The zero-order chi connectivity index (χ0) is 24.6. The molecule has 0 aliphatic heterocycles. The van der Waals surface area contributed by atoms with E-state index in [0.717, 1.165) is 54.9 Å². The van der Waals surface area contributed by atoms with Crippen LogP contribution >= 0.6 is 0 Å². The largest absolute Gasteiger partial charge is 0.493 e. The first-order valence-corrected chi connectivity index (χ1v) is 12.0. The molecule has 0 N–H and O–H groups in total. The smallest absolute Gasteiger partial charge is 0.233 e. The summed E-state index contributed by atoms with van der Waals surface area (Å²) in [5.41, 5.74) is 2.71. The zero-order valence-electron chi connectivity index (χ0n) is 20.9. The van der Waals surface area contributed by atoms with E-state index in [1.54, 1.807) is 19.3 Å². The summed E-state index contributed by atoms with van der Waals surface area (Å²) in [6.07, 6.45) is 14.4. The van der Waals surface area contributed by atoms with Crippen molar-refractivity contribution in [3.63, 3.8) is 0 Å². The predicted octanol–water partition coefficient (Wildman–Crippen LogP) is 5.81. The average molecular weight is 468 g/mol. The lowest BCUT2D eigenvalue weighted by atomic mass is 10.1. The minimum Gasteiger partial charge on any atom is -0.493 e. The number of amides is 1. The van der Waals surface area contributed by atoms with Gasteiger partial charge in [0.1, 0.15) is 18.1 Å². The molecule has 0 fully saturated rings. The first-order valence-electron chi connectivity index (χ1n) is 12.0. The maximum atomic E-state index is 10.4. The molecule has 0 spiro atoms. The van der Waals surface area contributed by atoms with Gasteiger partial charge in [0, 0.05) is 0 Å². The van der Waals surface area contributed by atoms with E-state index in [1.165, 1.54) is 12.8 Å². The molecule has 7 heteroatoms. The number of hydrogen-bond donors (Lipinski definition) is 0. The summed E-state index contributed by atoms with van der Waals surface area (Å²) in [5, 5.41) is 0. The van der Waals surface area contributed by atoms with Crippen LogP contribution in [0.15, 0.2) is 41.7 Å². The molecule has 0 aliphatic rings. The number of nitrogens with zero attached hydrogens (tertiary/aromatic N) is 3. The third kappa shape index (κ3) is 9.73. The SMILES string of the molecule is C/C=C/COc1cc(C)c(OCCCCCCCCOc2cnc(C(C)=NC=O)nc2)c(C)c1. The molecule has 0 aliphatic carbocycles. The van der Waals surface area contributed by atoms with Gasteiger partial charge in [0.15, 0.2) is 11.6 Å². The van der Waals surface area contributed by atoms with Crippen LogP contribution in [0, 0.1) is 13.8 Å². The van der Waals surface area contributed by atoms with Crippen molar-refractivity contribution < 1.29 is 19.0 Å². The second kappa shape index (κ2) is 15.6. The van der Waals surface area contributed by atoms with Gasteiger partial charge in [-0.15, -0.1) is 0 Å². The number of aliphatic imine (C=N–C) groups is 1. The second-order valence-electron chi connectivity index (χ2n) is 8.15. The number of hydrogen-bond acceptors (Lipinski definition) is 6. The Morgan fingerprint density at radius 2 is 1.47 bits per heavy atom. The van der Waals surface area contributed by atoms with Crippen LogP contribution in [0.3, 0.4) is 0 Å². The van der Waals surface area contributed by atoms with Crippen molar-refractivity contribution in [1.29, 1.82) is 0 Å². The van der Waals surface area contributed by atoms with Gasteiger partial charge < -0.3 is 14.2 Å².